The van der Waals surface area contributed by atoms with Crippen molar-refractivity contribution >= 4 is 30.1 Å². The van der Waals surface area contributed by atoms with Crippen LogP contribution in [0.1, 0.15) is 13.8 Å². The molecule has 6 nitrogen and oxygen atoms in total. The molecule has 0 spiro atoms. The number of hydrogen-bond acceptors (Lipinski definition) is 3. The molecule has 17 heavy (non-hydrogen) atoms. The molecular weight excluding hydrogens is 287 g/mol. The Hall–Kier alpha value is -1.23. The van der Waals surface area contributed by atoms with E-state index in [0.717, 1.165) is 0 Å². The number of benzene rings is 1. The van der Waals surface area contributed by atoms with Crippen molar-refractivity contribution in [2.24, 2.45) is 5.73 Å². The van der Waals surface area contributed by atoms with E-state index in [9.17, 15) is 8.53 Å². The number of rotatable bonds is 4. The van der Waals surface area contributed by atoms with Gasteiger partial charge in [-0.25, -0.2) is 0 Å². The van der Waals surface area contributed by atoms with Crippen LogP contribution in [0.15, 0.2) is 24.3 Å². The summed E-state index contributed by atoms with van der Waals surface area (Å²) in [5.41, 5.74) is 4.84. The molecule has 1 aromatic carbocycles. The summed E-state index contributed by atoms with van der Waals surface area (Å²) in [7, 11) is 0. The van der Waals surface area contributed by atoms with Crippen LogP contribution in [0.25, 0.3) is 0 Å². The van der Waals surface area contributed by atoms with E-state index in [-0.39, 0.29) is 4.35 Å². The summed E-state index contributed by atoms with van der Waals surface area (Å²) in [6.07, 6.45) is 0. The molecule has 0 unspecified atom stereocenters. The maximum absolute atomic E-state index is 11.1. The maximum atomic E-state index is 11.1. The van der Waals surface area contributed by atoms with E-state index in [1.54, 1.807) is 13.8 Å². The SMILES string of the molecule is CC(C)(Nc1ccc([As](=O)(O)O)cc1)C(N)=O. The first-order valence-electron chi connectivity index (χ1n) is 4.87. The Bertz CT molecular complexity index is 464. The fourth-order valence-corrected chi connectivity index (χ4v) is 2.29. The van der Waals surface area contributed by atoms with E-state index in [0.29, 0.717) is 5.69 Å². The normalized spacial score (nSPS) is 12.2. The van der Waals surface area contributed by atoms with E-state index >= 15 is 0 Å². The minimum atomic E-state index is -4.84. The van der Waals surface area contributed by atoms with Crippen molar-refractivity contribution in [1.82, 2.24) is 0 Å². The second kappa shape index (κ2) is 4.56. The van der Waals surface area contributed by atoms with E-state index < -0.39 is 25.6 Å². The average molecular weight is 302 g/mol. The van der Waals surface area contributed by atoms with Crippen molar-refractivity contribution < 1.29 is 16.7 Å². The van der Waals surface area contributed by atoms with Gasteiger partial charge in [-0.05, 0) is 0 Å². The second-order valence-corrected chi connectivity index (χ2v) is 7.57. The van der Waals surface area contributed by atoms with Gasteiger partial charge in [0.15, 0.2) is 0 Å². The van der Waals surface area contributed by atoms with E-state index in [1.807, 2.05) is 0 Å². The van der Waals surface area contributed by atoms with Gasteiger partial charge in [0, 0.05) is 0 Å². The topological polar surface area (TPSA) is 113 Å². The number of nitrogens with one attached hydrogen (secondary N) is 1. The molecule has 0 aliphatic rings. The zero-order valence-electron chi connectivity index (χ0n) is 9.54. The van der Waals surface area contributed by atoms with E-state index in [1.165, 1.54) is 24.3 Å². The molecule has 5 N–H and O–H groups in total. The molecule has 0 heterocycles. The van der Waals surface area contributed by atoms with Crippen molar-refractivity contribution in [3.63, 3.8) is 0 Å². The molecule has 1 amide bonds. The fraction of sp³-hybridized carbons (Fsp3) is 0.300. The predicted octanol–water partition coefficient (Wildman–Crippen LogP) is -1.08. The Kier molecular flexibility index (Phi) is 3.71. The summed E-state index contributed by atoms with van der Waals surface area (Å²) in [4.78, 5) is 11.1. The summed E-state index contributed by atoms with van der Waals surface area (Å²) >= 11 is -4.84. The van der Waals surface area contributed by atoms with Crippen LogP contribution < -0.4 is 15.4 Å². The van der Waals surface area contributed by atoms with Gasteiger partial charge in [-0.1, -0.05) is 0 Å². The summed E-state index contributed by atoms with van der Waals surface area (Å²) < 4.78 is 28.9. The summed E-state index contributed by atoms with van der Waals surface area (Å²) in [6, 6.07) is 5.67. The van der Waals surface area contributed by atoms with Gasteiger partial charge in [0.1, 0.15) is 0 Å². The van der Waals surface area contributed by atoms with Crippen LogP contribution in [0.5, 0.6) is 0 Å². The molecule has 0 aliphatic carbocycles. The van der Waals surface area contributed by atoms with Gasteiger partial charge < -0.3 is 0 Å². The number of hydrogen-bond donors (Lipinski definition) is 4. The molecule has 0 atom stereocenters. The van der Waals surface area contributed by atoms with Gasteiger partial charge in [-0.3, -0.25) is 0 Å². The zero-order valence-corrected chi connectivity index (χ0v) is 11.4. The molecule has 0 aliphatic heterocycles. The molecule has 0 saturated heterocycles. The van der Waals surface area contributed by atoms with Crippen molar-refractivity contribution in [3.8, 4) is 0 Å². The van der Waals surface area contributed by atoms with Crippen molar-refractivity contribution in [2.45, 2.75) is 19.4 Å². The molecule has 0 aromatic heterocycles. The van der Waals surface area contributed by atoms with E-state index in [4.69, 9.17) is 13.9 Å². The quantitative estimate of drug-likeness (QED) is 0.529. The number of carbonyl (C=O) groups excluding carboxylic acids is 1. The Labute approximate surface area is 102 Å². The third kappa shape index (κ3) is 3.63. The molecule has 1 rings (SSSR count). The molecule has 7 heteroatoms. The standard InChI is InChI=1S/C10H15AsN2O4/c1-10(2,9(12)14)13-8-5-3-7(4-6-8)11(15,16)17/h3-6,13H,1-2H3,(H2,12,14)(H2,15,16,17). The molecule has 1 aromatic rings. The van der Waals surface area contributed by atoms with Gasteiger partial charge >= 0.3 is 102 Å². The first-order valence-corrected chi connectivity index (χ1v) is 8.25. The Morgan fingerprint density at radius 3 is 2.12 bits per heavy atom. The van der Waals surface area contributed by atoms with Gasteiger partial charge in [0.25, 0.3) is 0 Å². The molecule has 0 bridgehead atoms. The first kappa shape index (κ1) is 13.8. The minimum absolute atomic E-state index is 0.00874. The first-order chi connectivity index (χ1) is 7.63. The predicted molar refractivity (Wildman–Crippen MR) is 63.9 cm³/mol. The molecule has 94 valence electrons. The van der Waals surface area contributed by atoms with Crippen LogP contribution >= 0.6 is 0 Å². The van der Waals surface area contributed by atoms with Crippen LogP contribution in [-0.4, -0.2) is 33.8 Å². The van der Waals surface area contributed by atoms with Gasteiger partial charge in [-0.2, -0.15) is 0 Å². The Morgan fingerprint density at radius 2 is 1.76 bits per heavy atom. The average Bonchev–Trinajstić information content (AvgIpc) is 2.16. The number of amides is 1. The van der Waals surface area contributed by atoms with Crippen LogP contribution in [-0.2, 0) is 8.53 Å². The molecule has 0 saturated carbocycles. The van der Waals surface area contributed by atoms with Crippen LogP contribution in [0.3, 0.4) is 0 Å². The number of anilines is 1. The van der Waals surface area contributed by atoms with E-state index in [2.05, 4.69) is 5.32 Å². The van der Waals surface area contributed by atoms with Crippen LogP contribution in [0.2, 0.25) is 0 Å². The Balaban J connectivity index is 2.90. The zero-order chi connectivity index (χ0) is 13.3. The molecule has 0 fully saturated rings. The number of carbonyl (C=O) groups is 1. The number of primary amides is 1. The van der Waals surface area contributed by atoms with Gasteiger partial charge in [-0.15, -0.1) is 0 Å². The van der Waals surface area contributed by atoms with Gasteiger partial charge in [0.2, 0.25) is 0 Å². The monoisotopic (exact) mass is 302 g/mol. The molecular formula is C10H15AsN2O4. The second-order valence-electron chi connectivity index (χ2n) is 4.21. The summed E-state index contributed by atoms with van der Waals surface area (Å²) in [5.74, 6) is -0.513. The number of nitrogens with two attached hydrogens (primary N) is 1. The van der Waals surface area contributed by atoms with Crippen molar-refractivity contribution in [2.75, 3.05) is 5.32 Å². The van der Waals surface area contributed by atoms with Gasteiger partial charge in [0.05, 0.1) is 0 Å². The fourth-order valence-electron chi connectivity index (χ4n) is 1.16. The third-order valence-corrected chi connectivity index (χ3v) is 4.31. The summed E-state index contributed by atoms with van der Waals surface area (Å²) in [6.45, 7) is 3.24. The van der Waals surface area contributed by atoms with Crippen LogP contribution in [0, 0.1) is 0 Å². The third-order valence-electron chi connectivity index (χ3n) is 2.28. The summed E-state index contributed by atoms with van der Waals surface area (Å²) in [5, 5.41) is 2.88. The van der Waals surface area contributed by atoms with Crippen molar-refractivity contribution in [1.29, 1.82) is 0 Å². The molecule has 0 radical (unpaired) electrons. The van der Waals surface area contributed by atoms with Crippen LogP contribution in [0.4, 0.5) is 5.69 Å². The Morgan fingerprint density at radius 1 is 1.29 bits per heavy atom. The van der Waals surface area contributed by atoms with Crippen molar-refractivity contribution in [3.05, 3.63) is 24.3 Å².